The maximum atomic E-state index is 12.3. The first-order valence-corrected chi connectivity index (χ1v) is 6.84. The van der Waals surface area contributed by atoms with Gasteiger partial charge >= 0.3 is 5.97 Å². The molecule has 0 radical (unpaired) electrons. The van der Waals surface area contributed by atoms with Crippen LogP contribution in [0, 0.1) is 0 Å². The Labute approximate surface area is 113 Å². The van der Waals surface area contributed by atoms with Crippen molar-refractivity contribution in [1.29, 1.82) is 0 Å². The second-order valence-corrected chi connectivity index (χ2v) is 4.77. The normalized spacial score (nSPS) is 18.3. The van der Waals surface area contributed by atoms with Crippen molar-refractivity contribution in [3.05, 3.63) is 47.5 Å². The van der Waals surface area contributed by atoms with Crippen LogP contribution in [0.5, 0.6) is 0 Å². The molecule has 19 heavy (non-hydrogen) atoms. The smallest absolute Gasteiger partial charge is 0.347 e. The fourth-order valence-electron chi connectivity index (χ4n) is 2.52. The lowest BCUT2D eigenvalue weighted by molar-refractivity contribution is -0.162. The summed E-state index contributed by atoms with van der Waals surface area (Å²) in [7, 11) is 0. The maximum absolute atomic E-state index is 12.3. The Balaban J connectivity index is 2.43. The molecule has 1 N–H and O–H groups in total. The van der Waals surface area contributed by atoms with Gasteiger partial charge in [0.1, 0.15) is 0 Å². The summed E-state index contributed by atoms with van der Waals surface area (Å²) in [6.45, 7) is 2.01. The van der Waals surface area contributed by atoms with Crippen LogP contribution in [0.2, 0.25) is 0 Å². The highest BCUT2D eigenvalue weighted by atomic mass is 16.5. The van der Waals surface area contributed by atoms with Gasteiger partial charge in [0.2, 0.25) is 5.60 Å². The van der Waals surface area contributed by atoms with E-state index in [9.17, 15) is 9.90 Å². The average Bonchev–Trinajstić information content (AvgIpc) is 2.48. The molecule has 1 aromatic carbocycles. The van der Waals surface area contributed by atoms with Crippen LogP contribution in [0.25, 0.3) is 0 Å². The van der Waals surface area contributed by atoms with Crippen LogP contribution >= 0.6 is 0 Å². The Kier molecular flexibility index (Phi) is 4.38. The molecule has 0 heterocycles. The van der Waals surface area contributed by atoms with Crippen LogP contribution in [-0.4, -0.2) is 17.7 Å². The first kappa shape index (κ1) is 13.8. The predicted octanol–water partition coefficient (Wildman–Crippen LogP) is 2.94. The van der Waals surface area contributed by atoms with E-state index in [0.717, 1.165) is 31.3 Å². The van der Waals surface area contributed by atoms with Gasteiger partial charge in [-0.25, -0.2) is 4.79 Å². The quantitative estimate of drug-likeness (QED) is 0.669. The van der Waals surface area contributed by atoms with Crippen LogP contribution in [-0.2, 0) is 15.1 Å². The van der Waals surface area contributed by atoms with E-state index in [1.165, 1.54) is 0 Å². The van der Waals surface area contributed by atoms with Crippen molar-refractivity contribution in [2.24, 2.45) is 0 Å². The van der Waals surface area contributed by atoms with Crippen molar-refractivity contribution in [3.63, 3.8) is 0 Å². The molecule has 0 fully saturated rings. The van der Waals surface area contributed by atoms with Gasteiger partial charge in [-0.15, -0.1) is 0 Å². The molecular formula is C16H20O3. The van der Waals surface area contributed by atoms with E-state index in [0.29, 0.717) is 5.56 Å². The van der Waals surface area contributed by atoms with Crippen molar-refractivity contribution < 1.29 is 14.6 Å². The Morgan fingerprint density at radius 1 is 1.32 bits per heavy atom. The molecule has 3 heteroatoms. The zero-order valence-electron chi connectivity index (χ0n) is 11.3. The van der Waals surface area contributed by atoms with Crippen LogP contribution in [0.15, 0.2) is 42.0 Å². The first-order valence-electron chi connectivity index (χ1n) is 6.84. The number of aliphatic hydroxyl groups is 1. The molecule has 1 aliphatic carbocycles. The maximum Gasteiger partial charge on any atom is 0.347 e. The molecule has 0 bridgehead atoms. The number of hydrogen-bond acceptors (Lipinski definition) is 3. The number of rotatable bonds is 4. The zero-order chi connectivity index (χ0) is 13.7. The Bertz CT molecular complexity index is 464. The third-order valence-corrected chi connectivity index (χ3v) is 3.52. The molecule has 0 unspecified atom stereocenters. The van der Waals surface area contributed by atoms with Crippen molar-refractivity contribution in [1.82, 2.24) is 0 Å². The summed E-state index contributed by atoms with van der Waals surface area (Å²) < 4.78 is 5.08. The second kappa shape index (κ2) is 6.02. The SMILES string of the molecule is CCOC(=O)[C@](O)(C1=CCCCC1)c1ccccc1. The highest BCUT2D eigenvalue weighted by Crippen LogP contribution is 2.36. The van der Waals surface area contributed by atoms with Gasteiger partial charge in [0.15, 0.2) is 0 Å². The summed E-state index contributed by atoms with van der Waals surface area (Å²) in [6, 6.07) is 9.05. The van der Waals surface area contributed by atoms with Crippen LogP contribution in [0.1, 0.15) is 38.2 Å². The number of benzene rings is 1. The molecule has 3 nitrogen and oxygen atoms in total. The molecule has 0 amide bonds. The van der Waals surface area contributed by atoms with Gasteiger partial charge in [-0.3, -0.25) is 0 Å². The molecule has 0 saturated heterocycles. The molecule has 0 aromatic heterocycles. The molecule has 0 spiro atoms. The lowest BCUT2D eigenvalue weighted by Gasteiger charge is -2.31. The lowest BCUT2D eigenvalue weighted by atomic mass is 9.80. The van der Waals surface area contributed by atoms with Gasteiger partial charge in [-0.2, -0.15) is 0 Å². The van der Waals surface area contributed by atoms with Crippen LogP contribution in [0.3, 0.4) is 0 Å². The van der Waals surface area contributed by atoms with Gasteiger partial charge in [-0.1, -0.05) is 36.4 Å². The first-order chi connectivity index (χ1) is 9.19. The highest BCUT2D eigenvalue weighted by Gasteiger charge is 2.43. The molecule has 1 aromatic rings. The Hall–Kier alpha value is -1.61. The number of carbonyl (C=O) groups excluding carboxylic acids is 1. The summed E-state index contributed by atoms with van der Waals surface area (Å²) in [5.41, 5.74) is -0.275. The minimum Gasteiger partial charge on any atom is -0.463 e. The largest absolute Gasteiger partial charge is 0.463 e. The number of allylic oxidation sites excluding steroid dienone is 1. The van der Waals surface area contributed by atoms with Crippen LogP contribution in [0.4, 0.5) is 0 Å². The minimum atomic E-state index is -1.63. The monoisotopic (exact) mass is 260 g/mol. The van der Waals surface area contributed by atoms with Crippen molar-refractivity contribution in [3.8, 4) is 0 Å². The van der Waals surface area contributed by atoms with Crippen molar-refractivity contribution in [2.75, 3.05) is 6.61 Å². The lowest BCUT2D eigenvalue weighted by Crippen LogP contribution is -2.40. The van der Waals surface area contributed by atoms with E-state index in [1.807, 2.05) is 24.3 Å². The van der Waals surface area contributed by atoms with Crippen LogP contribution < -0.4 is 0 Å². The van der Waals surface area contributed by atoms with Gasteiger partial charge in [0.05, 0.1) is 6.61 Å². The number of carbonyl (C=O) groups is 1. The summed E-state index contributed by atoms with van der Waals surface area (Å²) in [6.07, 6.45) is 5.74. The molecular weight excluding hydrogens is 240 g/mol. The van der Waals surface area contributed by atoms with E-state index in [2.05, 4.69) is 0 Å². The minimum absolute atomic E-state index is 0.265. The number of hydrogen-bond donors (Lipinski definition) is 1. The third kappa shape index (κ3) is 2.71. The number of ether oxygens (including phenoxy) is 1. The van der Waals surface area contributed by atoms with Gasteiger partial charge in [-0.05, 0) is 43.7 Å². The van der Waals surface area contributed by atoms with E-state index in [4.69, 9.17) is 4.74 Å². The molecule has 0 saturated carbocycles. The summed E-state index contributed by atoms with van der Waals surface area (Å²) >= 11 is 0. The molecule has 1 aliphatic rings. The molecule has 102 valence electrons. The third-order valence-electron chi connectivity index (χ3n) is 3.52. The summed E-state index contributed by atoms with van der Waals surface area (Å²) in [5, 5.41) is 11.0. The van der Waals surface area contributed by atoms with Gasteiger partial charge in [0.25, 0.3) is 0 Å². The fourth-order valence-corrected chi connectivity index (χ4v) is 2.52. The zero-order valence-corrected chi connectivity index (χ0v) is 11.3. The standard InChI is InChI=1S/C16H20O3/c1-2-19-15(17)16(18,13-9-5-3-6-10-13)14-11-7-4-8-12-14/h3,5-6,9-11,18H,2,4,7-8,12H2,1H3/t16-/m1/s1. The molecule has 1 atom stereocenters. The van der Waals surface area contributed by atoms with E-state index in [-0.39, 0.29) is 6.61 Å². The molecule has 0 aliphatic heterocycles. The fraction of sp³-hybridized carbons (Fsp3) is 0.438. The summed E-state index contributed by atoms with van der Waals surface area (Å²) in [5.74, 6) is -0.575. The van der Waals surface area contributed by atoms with Crippen molar-refractivity contribution >= 4 is 5.97 Å². The van der Waals surface area contributed by atoms with E-state index < -0.39 is 11.6 Å². The second-order valence-electron chi connectivity index (χ2n) is 4.77. The predicted molar refractivity (Wildman–Crippen MR) is 73.5 cm³/mol. The highest BCUT2D eigenvalue weighted by molar-refractivity contribution is 5.85. The van der Waals surface area contributed by atoms with Crippen molar-refractivity contribution in [2.45, 2.75) is 38.2 Å². The topological polar surface area (TPSA) is 46.5 Å². The molecule has 2 rings (SSSR count). The Morgan fingerprint density at radius 2 is 2.05 bits per heavy atom. The van der Waals surface area contributed by atoms with E-state index in [1.54, 1.807) is 19.1 Å². The Morgan fingerprint density at radius 3 is 2.63 bits per heavy atom. The van der Waals surface area contributed by atoms with Gasteiger partial charge < -0.3 is 9.84 Å². The van der Waals surface area contributed by atoms with E-state index >= 15 is 0 Å². The number of esters is 1. The van der Waals surface area contributed by atoms with Gasteiger partial charge in [0, 0.05) is 0 Å². The average molecular weight is 260 g/mol. The summed E-state index contributed by atoms with van der Waals surface area (Å²) in [4.78, 5) is 12.3.